The van der Waals surface area contributed by atoms with Crippen LogP contribution in [0.15, 0.2) is 54.6 Å². The zero-order valence-electron chi connectivity index (χ0n) is 13.1. The summed E-state index contributed by atoms with van der Waals surface area (Å²) in [7, 11) is 0. The second-order valence-electron chi connectivity index (χ2n) is 5.71. The fraction of sp³-hybridized carbons (Fsp3) is 0.350. The maximum absolute atomic E-state index is 14.0. The molecule has 2 heteroatoms. The van der Waals surface area contributed by atoms with Crippen molar-refractivity contribution in [3.8, 4) is 0 Å². The molecule has 0 heterocycles. The number of hydrogen-bond donors (Lipinski definition) is 0. The monoisotopic (exact) mass is 298 g/mol. The highest BCUT2D eigenvalue weighted by molar-refractivity contribution is 5.80. The molecule has 22 heavy (non-hydrogen) atoms. The smallest absolute Gasteiger partial charge is 0.136 e. The molecule has 1 nitrogen and oxygen atoms in total. The first-order chi connectivity index (χ1) is 10.7. The van der Waals surface area contributed by atoms with Gasteiger partial charge in [0.2, 0.25) is 0 Å². The van der Waals surface area contributed by atoms with E-state index < -0.39 is 6.17 Å². The molecule has 0 bridgehead atoms. The van der Waals surface area contributed by atoms with Crippen LogP contribution >= 0.6 is 0 Å². The van der Waals surface area contributed by atoms with Crippen molar-refractivity contribution in [2.24, 2.45) is 0 Å². The topological polar surface area (TPSA) is 17.1 Å². The molecule has 0 aromatic heterocycles. The predicted octanol–water partition coefficient (Wildman–Crippen LogP) is 4.72. The highest BCUT2D eigenvalue weighted by Crippen LogP contribution is 2.14. The highest BCUT2D eigenvalue weighted by Gasteiger charge is 2.08. The molecule has 0 N–H and O–H groups in total. The number of rotatable bonds is 8. The van der Waals surface area contributed by atoms with Gasteiger partial charge in [0.05, 0.1) is 0 Å². The lowest BCUT2D eigenvalue weighted by molar-refractivity contribution is -0.118. The van der Waals surface area contributed by atoms with Crippen LogP contribution in [0.4, 0.5) is 4.39 Å². The van der Waals surface area contributed by atoms with Gasteiger partial charge in [0.25, 0.3) is 0 Å². The standard InChI is InChI=1S/C20H23FO/c1-2-20(22)15-18-10-8-16(9-11-18)12-13-19(21)14-17-6-4-3-5-7-17/h3-11,19H,2,12-15H2,1H3. The number of halogens is 1. The number of ketones is 1. The number of carbonyl (C=O) groups excluding carboxylic acids is 1. The van der Waals surface area contributed by atoms with Crippen LogP contribution in [0, 0.1) is 0 Å². The fourth-order valence-electron chi connectivity index (χ4n) is 2.47. The molecule has 0 saturated carbocycles. The molecule has 0 radical (unpaired) electrons. The summed E-state index contributed by atoms with van der Waals surface area (Å²) in [5.41, 5.74) is 3.21. The fourth-order valence-corrected chi connectivity index (χ4v) is 2.47. The Morgan fingerprint density at radius 2 is 1.59 bits per heavy atom. The van der Waals surface area contributed by atoms with Crippen LogP contribution in [-0.2, 0) is 24.1 Å². The lowest BCUT2D eigenvalue weighted by atomic mass is 10.00. The van der Waals surface area contributed by atoms with Crippen LogP contribution in [0.25, 0.3) is 0 Å². The minimum atomic E-state index is -0.816. The minimum absolute atomic E-state index is 0.249. The van der Waals surface area contributed by atoms with E-state index in [2.05, 4.69) is 0 Å². The molecule has 0 fully saturated rings. The second kappa shape index (κ2) is 8.47. The third-order valence-corrected chi connectivity index (χ3v) is 3.86. The van der Waals surface area contributed by atoms with Gasteiger partial charge in [0.1, 0.15) is 12.0 Å². The van der Waals surface area contributed by atoms with Crippen LogP contribution in [0.1, 0.15) is 36.5 Å². The minimum Gasteiger partial charge on any atom is -0.299 e. The van der Waals surface area contributed by atoms with Gasteiger partial charge in [-0.15, -0.1) is 0 Å². The second-order valence-corrected chi connectivity index (χ2v) is 5.71. The number of benzene rings is 2. The van der Waals surface area contributed by atoms with Gasteiger partial charge in [-0.3, -0.25) is 4.79 Å². The zero-order chi connectivity index (χ0) is 15.8. The van der Waals surface area contributed by atoms with Crippen LogP contribution in [0.2, 0.25) is 0 Å². The van der Waals surface area contributed by atoms with Crippen molar-refractivity contribution in [2.45, 2.75) is 45.2 Å². The number of alkyl halides is 1. The predicted molar refractivity (Wildman–Crippen MR) is 88.8 cm³/mol. The van der Waals surface area contributed by atoms with Crippen molar-refractivity contribution >= 4 is 5.78 Å². The third-order valence-electron chi connectivity index (χ3n) is 3.86. The van der Waals surface area contributed by atoms with Crippen LogP contribution in [0.5, 0.6) is 0 Å². The summed E-state index contributed by atoms with van der Waals surface area (Å²) < 4.78 is 14.0. The van der Waals surface area contributed by atoms with Gasteiger partial charge in [0, 0.05) is 19.3 Å². The van der Waals surface area contributed by atoms with E-state index in [9.17, 15) is 9.18 Å². The van der Waals surface area contributed by atoms with E-state index in [0.717, 1.165) is 23.1 Å². The lowest BCUT2D eigenvalue weighted by Gasteiger charge is -2.09. The van der Waals surface area contributed by atoms with Gasteiger partial charge >= 0.3 is 0 Å². The quantitative estimate of drug-likeness (QED) is 0.689. The number of Topliss-reactive ketones (excluding diaryl/α,β-unsaturated/α-hetero) is 1. The molecule has 0 saturated heterocycles. The molecule has 116 valence electrons. The van der Waals surface area contributed by atoms with Crippen molar-refractivity contribution in [3.63, 3.8) is 0 Å². The van der Waals surface area contributed by atoms with Crippen molar-refractivity contribution in [1.29, 1.82) is 0 Å². The summed E-state index contributed by atoms with van der Waals surface area (Å²) in [6.07, 6.45) is 1.99. The molecule has 0 aliphatic carbocycles. The molecule has 0 aliphatic heterocycles. The maximum Gasteiger partial charge on any atom is 0.136 e. The SMILES string of the molecule is CCC(=O)Cc1ccc(CCC(F)Cc2ccccc2)cc1. The van der Waals surface area contributed by atoms with Crippen LogP contribution < -0.4 is 0 Å². The van der Waals surface area contributed by atoms with E-state index in [0.29, 0.717) is 25.7 Å². The van der Waals surface area contributed by atoms with E-state index in [1.165, 1.54) is 0 Å². The van der Waals surface area contributed by atoms with Gasteiger partial charge in [-0.25, -0.2) is 4.39 Å². The highest BCUT2D eigenvalue weighted by atomic mass is 19.1. The van der Waals surface area contributed by atoms with Crippen molar-refractivity contribution in [1.82, 2.24) is 0 Å². The third kappa shape index (κ3) is 5.44. The summed E-state index contributed by atoms with van der Waals surface area (Å²) in [4.78, 5) is 11.4. The van der Waals surface area contributed by atoms with Gasteiger partial charge in [0.15, 0.2) is 0 Å². The van der Waals surface area contributed by atoms with E-state index in [4.69, 9.17) is 0 Å². The summed E-state index contributed by atoms with van der Waals surface area (Å²) in [5, 5.41) is 0. The van der Waals surface area contributed by atoms with Gasteiger partial charge in [-0.05, 0) is 29.5 Å². The Balaban J connectivity index is 1.80. The lowest BCUT2D eigenvalue weighted by Crippen LogP contribution is -2.06. The first-order valence-electron chi connectivity index (χ1n) is 7.95. The van der Waals surface area contributed by atoms with Crippen LogP contribution in [-0.4, -0.2) is 12.0 Å². The molecule has 2 aromatic rings. The normalized spacial score (nSPS) is 12.1. The first kappa shape index (κ1) is 16.4. The Labute approximate surface area is 132 Å². The Morgan fingerprint density at radius 3 is 2.23 bits per heavy atom. The molecular weight excluding hydrogens is 275 g/mol. The Hall–Kier alpha value is -1.96. The van der Waals surface area contributed by atoms with E-state index >= 15 is 0 Å². The summed E-state index contributed by atoms with van der Waals surface area (Å²) in [6, 6.07) is 17.7. The summed E-state index contributed by atoms with van der Waals surface area (Å²) in [5.74, 6) is 0.249. The van der Waals surface area contributed by atoms with Crippen LogP contribution in [0.3, 0.4) is 0 Å². The largest absolute Gasteiger partial charge is 0.299 e. The average Bonchev–Trinajstić information content (AvgIpc) is 2.55. The zero-order valence-corrected chi connectivity index (χ0v) is 13.1. The number of aryl methyl sites for hydroxylation is 1. The Morgan fingerprint density at radius 1 is 0.955 bits per heavy atom. The van der Waals surface area contributed by atoms with E-state index in [-0.39, 0.29) is 5.78 Å². The molecular formula is C20H23FO. The van der Waals surface area contributed by atoms with Gasteiger partial charge in [-0.1, -0.05) is 61.5 Å². The van der Waals surface area contributed by atoms with Gasteiger partial charge in [-0.2, -0.15) is 0 Å². The molecule has 0 amide bonds. The Bertz CT molecular complexity index is 574. The molecule has 1 atom stereocenters. The first-order valence-corrected chi connectivity index (χ1v) is 7.95. The molecule has 2 rings (SSSR count). The van der Waals surface area contributed by atoms with Crippen molar-refractivity contribution in [2.75, 3.05) is 0 Å². The number of hydrogen-bond acceptors (Lipinski definition) is 1. The van der Waals surface area contributed by atoms with Crippen molar-refractivity contribution in [3.05, 3.63) is 71.3 Å². The van der Waals surface area contributed by atoms with Gasteiger partial charge < -0.3 is 0 Å². The average molecular weight is 298 g/mol. The summed E-state index contributed by atoms with van der Waals surface area (Å²) in [6.45, 7) is 1.88. The molecule has 0 spiro atoms. The Kier molecular flexibility index (Phi) is 6.32. The molecule has 1 unspecified atom stereocenters. The van der Waals surface area contributed by atoms with E-state index in [1.54, 1.807) is 0 Å². The molecule has 2 aromatic carbocycles. The molecule has 0 aliphatic rings. The van der Waals surface area contributed by atoms with E-state index in [1.807, 2.05) is 61.5 Å². The van der Waals surface area contributed by atoms with Crippen molar-refractivity contribution < 1.29 is 9.18 Å². The number of carbonyl (C=O) groups is 1. The maximum atomic E-state index is 14.0. The summed E-state index contributed by atoms with van der Waals surface area (Å²) >= 11 is 0.